The Labute approximate surface area is 112 Å². The van der Waals surface area contributed by atoms with Gasteiger partial charge < -0.3 is 9.30 Å². The summed E-state index contributed by atoms with van der Waals surface area (Å²) < 4.78 is 7.69. The molecule has 19 heavy (non-hydrogen) atoms. The molecule has 4 nitrogen and oxygen atoms in total. The fraction of sp³-hybridized carbons (Fsp3) is 0.333. The van der Waals surface area contributed by atoms with Gasteiger partial charge in [0.2, 0.25) is 0 Å². The number of ether oxygens (including phenoxy) is 1. The van der Waals surface area contributed by atoms with E-state index < -0.39 is 0 Å². The summed E-state index contributed by atoms with van der Waals surface area (Å²) >= 11 is 0. The normalized spacial score (nSPS) is 17.0. The molecule has 0 spiro atoms. The van der Waals surface area contributed by atoms with Gasteiger partial charge in [0, 0.05) is 25.4 Å². The van der Waals surface area contributed by atoms with Crippen LogP contribution in [0.25, 0.3) is 0 Å². The molecule has 2 heterocycles. The van der Waals surface area contributed by atoms with Crippen molar-refractivity contribution < 1.29 is 9.53 Å². The number of aryl methyl sites for hydroxylation is 1. The van der Waals surface area contributed by atoms with Gasteiger partial charge in [0.25, 0.3) is 0 Å². The molecule has 1 aliphatic rings. The van der Waals surface area contributed by atoms with E-state index >= 15 is 0 Å². The van der Waals surface area contributed by atoms with Gasteiger partial charge in [-0.2, -0.15) is 0 Å². The molecular formula is C15H16N2O2. The van der Waals surface area contributed by atoms with E-state index in [2.05, 4.69) is 4.98 Å². The lowest BCUT2D eigenvalue weighted by atomic mass is 10.1. The van der Waals surface area contributed by atoms with E-state index in [9.17, 15) is 4.79 Å². The molecule has 0 bridgehead atoms. The number of hydrogen-bond donors (Lipinski definition) is 0. The first-order valence-electron chi connectivity index (χ1n) is 6.55. The van der Waals surface area contributed by atoms with Gasteiger partial charge in [0.05, 0.1) is 6.42 Å². The summed E-state index contributed by atoms with van der Waals surface area (Å²) in [4.78, 5) is 16.5. The molecule has 0 saturated carbocycles. The molecule has 0 saturated heterocycles. The standard InChI is InChI=1S/C15H16N2O2/c1-2-17-8-7-16-15(17)10-12(18)14-9-11-5-3-4-6-13(11)19-14/h3-8,14H,2,9-10H2,1H3. The number of fused-ring (bicyclic) bond motifs is 1. The first-order chi connectivity index (χ1) is 9.28. The lowest BCUT2D eigenvalue weighted by molar-refractivity contribution is -0.124. The van der Waals surface area contributed by atoms with Crippen LogP contribution in [-0.2, 0) is 24.2 Å². The number of Topliss-reactive ketones (excluding diaryl/α,β-unsaturated/α-hetero) is 1. The monoisotopic (exact) mass is 256 g/mol. The fourth-order valence-electron chi connectivity index (χ4n) is 2.43. The number of carbonyl (C=O) groups excluding carboxylic acids is 1. The molecule has 0 aliphatic carbocycles. The van der Waals surface area contributed by atoms with E-state index in [4.69, 9.17) is 4.74 Å². The van der Waals surface area contributed by atoms with Gasteiger partial charge in [-0.05, 0) is 18.6 Å². The maximum absolute atomic E-state index is 12.3. The van der Waals surface area contributed by atoms with Crippen LogP contribution < -0.4 is 4.74 Å². The number of rotatable bonds is 4. The van der Waals surface area contributed by atoms with Crippen LogP contribution in [0.1, 0.15) is 18.3 Å². The molecular weight excluding hydrogens is 240 g/mol. The second-order valence-electron chi connectivity index (χ2n) is 4.69. The molecule has 98 valence electrons. The Morgan fingerprint density at radius 3 is 3.11 bits per heavy atom. The Morgan fingerprint density at radius 1 is 1.47 bits per heavy atom. The summed E-state index contributed by atoms with van der Waals surface area (Å²) in [5, 5.41) is 0. The van der Waals surface area contributed by atoms with Gasteiger partial charge in [0.15, 0.2) is 11.9 Å². The summed E-state index contributed by atoms with van der Waals surface area (Å²) in [5.74, 6) is 1.74. The quantitative estimate of drug-likeness (QED) is 0.840. The number of imidazole rings is 1. The molecule has 1 aromatic carbocycles. The van der Waals surface area contributed by atoms with Crippen molar-refractivity contribution in [2.45, 2.75) is 32.4 Å². The van der Waals surface area contributed by atoms with E-state index in [1.807, 2.05) is 42.0 Å². The number of aromatic nitrogens is 2. The topological polar surface area (TPSA) is 44.1 Å². The van der Waals surface area contributed by atoms with Crippen molar-refractivity contribution in [3.05, 3.63) is 48.0 Å². The minimum Gasteiger partial charge on any atom is -0.482 e. The number of para-hydroxylation sites is 1. The highest BCUT2D eigenvalue weighted by molar-refractivity contribution is 5.86. The summed E-state index contributed by atoms with van der Waals surface area (Å²) in [5.41, 5.74) is 1.11. The molecule has 0 N–H and O–H groups in total. The van der Waals surface area contributed by atoms with Crippen LogP contribution in [0.4, 0.5) is 0 Å². The molecule has 0 fully saturated rings. The predicted octanol–water partition coefficient (Wildman–Crippen LogP) is 2.02. The third-order valence-electron chi connectivity index (χ3n) is 3.48. The van der Waals surface area contributed by atoms with Gasteiger partial charge in [-0.25, -0.2) is 4.98 Å². The van der Waals surface area contributed by atoms with E-state index in [0.29, 0.717) is 12.8 Å². The van der Waals surface area contributed by atoms with Crippen molar-refractivity contribution in [3.8, 4) is 5.75 Å². The fourth-order valence-corrected chi connectivity index (χ4v) is 2.43. The van der Waals surface area contributed by atoms with Crippen LogP contribution in [0, 0.1) is 0 Å². The first-order valence-corrected chi connectivity index (χ1v) is 6.55. The zero-order chi connectivity index (χ0) is 13.2. The molecule has 0 amide bonds. The second kappa shape index (κ2) is 4.88. The van der Waals surface area contributed by atoms with E-state index in [1.165, 1.54) is 0 Å². The van der Waals surface area contributed by atoms with Crippen LogP contribution in [0.3, 0.4) is 0 Å². The van der Waals surface area contributed by atoms with Gasteiger partial charge in [-0.3, -0.25) is 4.79 Å². The number of hydrogen-bond acceptors (Lipinski definition) is 3. The third-order valence-corrected chi connectivity index (χ3v) is 3.48. The second-order valence-corrected chi connectivity index (χ2v) is 4.69. The minimum absolute atomic E-state index is 0.0945. The van der Waals surface area contributed by atoms with Gasteiger partial charge in [-0.1, -0.05) is 18.2 Å². The van der Waals surface area contributed by atoms with Gasteiger partial charge in [0.1, 0.15) is 11.6 Å². The van der Waals surface area contributed by atoms with Crippen LogP contribution in [0.15, 0.2) is 36.7 Å². The molecule has 0 radical (unpaired) electrons. The highest BCUT2D eigenvalue weighted by Crippen LogP contribution is 2.28. The maximum Gasteiger partial charge on any atom is 0.181 e. The van der Waals surface area contributed by atoms with Gasteiger partial charge >= 0.3 is 0 Å². The van der Waals surface area contributed by atoms with E-state index in [-0.39, 0.29) is 11.9 Å². The van der Waals surface area contributed by atoms with Crippen molar-refractivity contribution in [3.63, 3.8) is 0 Å². The van der Waals surface area contributed by atoms with E-state index in [0.717, 1.165) is 23.7 Å². The summed E-state index contributed by atoms with van der Waals surface area (Å²) in [7, 11) is 0. The third kappa shape index (κ3) is 2.26. The zero-order valence-corrected chi connectivity index (χ0v) is 10.9. The molecule has 2 aromatic rings. The summed E-state index contributed by atoms with van der Waals surface area (Å²) in [6.45, 7) is 2.87. The van der Waals surface area contributed by atoms with Gasteiger partial charge in [-0.15, -0.1) is 0 Å². The number of carbonyl (C=O) groups is 1. The van der Waals surface area contributed by atoms with E-state index in [1.54, 1.807) is 6.20 Å². The number of benzene rings is 1. The molecule has 1 aliphatic heterocycles. The highest BCUT2D eigenvalue weighted by atomic mass is 16.5. The highest BCUT2D eigenvalue weighted by Gasteiger charge is 2.29. The average molecular weight is 256 g/mol. The van der Waals surface area contributed by atoms with Crippen LogP contribution >= 0.6 is 0 Å². The molecule has 1 unspecified atom stereocenters. The Bertz CT molecular complexity index is 579. The zero-order valence-electron chi connectivity index (χ0n) is 10.9. The maximum atomic E-state index is 12.3. The average Bonchev–Trinajstić information content (AvgIpc) is 3.03. The smallest absolute Gasteiger partial charge is 0.181 e. The van der Waals surface area contributed by atoms with Crippen molar-refractivity contribution in [2.24, 2.45) is 0 Å². The summed E-state index contributed by atoms with van der Waals surface area (Å²) in [6, 6.07) is 7.82. The minimum atomic E-state index is -0.362. The Hall–Kier alpha value is -2.10. The van der Waals surface area contributed by atoms with Crippen LogP contribution in [-0.4, -0.2) is 21.4 Å². The SMILES string of the molecule is CCn1ccnc1CC(=O)C1Cc2ccccc2O1. The van der Waals surface area contributed by atoms with Crippen molar-refractivity contribution in [2.75, 3.05) is 0 Å². The molecule has 1 atom stereocenters. The number of nitrogens with zero attached hydrogens (tertiary/aromatic N) is 2. The molecule has 3 rings (SSSR count). The Balaban J connectivity index is 1.70. The first kappa shape index (κ1) is 12.0. The molecule has 1 aromatic heterocycles. The number of ketones is 1. The lowest BCUT2D eigenvalue weighted by Gasteiger charge is -2.10. The summed E-state index contributed by atoms with van der Waals surface area (Å²) in [6.07, 6.45) is 4.27. The Kier molecular flexibility index (Phi) is 3.07. The lowest BCUT2D eigenvalue weighted by Crippen LogP contribution is -2.27. The van der Waals surface area contributed by atoms with Crippen LogP contribution in [0.2, 0.25) is 0 Å². The van der Waals surface area contributed by atoms with Crippen molar-refractivity contribution >= 4 is 5.78 Å². The largest absolute Gasteiger partial charge is 0.482 e. The van der Waals surface area contributed by atoms with Crippen molar-refractivity contribution in [1.29, 1.82) is 0 Å². The Morgan fingerprint density at radius 2 is 2.32 bits per heavy atom. The predicted molar refractivity (Wildman–Crippen MR) is 71.2 cm³/mol. The molecule has 4 heteroatoms. The van der Waals surface area contributed by atoms with Crippen molar-refractivity contribution in [1.82, 2.24) is 9.55 Å². The van der Waals surface area contributed by atoms with Crippen LogP contribution in [0.5, 0.6) is 5.75 Å².